The first kappa shape index (κ1) is 20.9. The van der Waals surface area contributed by atoms with Crippen LogP contribution in [0.1, 0.15) is 51.8 Å². The SMILES string of the molecule is O=C(NCC(c1ccco1)N1CCCCC1)c1ccc(NC(=O)c2ccccc2)cc1. The Hall–Kier alpha value is -3.38. The lowest BCUT2D eigenvalue weighted by molar-refractivity contribution is 0.0913. The van der Waals surface area contributed by atoms with Gasteiger partial charge in [0.2, 0.25) is 0 Å². The van der Waals surface area contributed by atoms with E-state index in [1.807, 2.05) is 30.3 Å². The number of likely N-dealkylation sites (tertiary alicyclic amines) is 1. The van der Waals surface area contributed by atoms with Gasteiger partial charge in [0.25, 0.3) is 11.8 Å². The highest BCUT2D eigenvalue weighted by atomic mass is 16.3. The first-order chi connectivity index (χ1) is 15.2. The van der Waals surface area contributed by atoms with E-state index >= 15 is 0 Å². The number of benzene rings is 2. The Bertz CT molecular complexity index is 979. The van der Waals surface area contributed by atoms with Crippen LogP contribution in [0.15, 0.2) is 77.4 Å². The van der Waals surface area contributed by atoms with Crippen LogP contribution in [0.4, 0.5) is 5.69 Å². The highest BCUT2D eigenvalue weighted by Crippen LogP contribution is 2.24. The minimum absolute atomic E-state index is 0.0312. The Labute approximate surface area is 182 Å². The number of anilines is 1. The van der Waals surface area contributed by atoms with Gasteiger partial charge in [-0.15, -0.1) is 0 Å². The van der Waals surface area contributed by atoms with Crippen molar-refractivity contribution in [2.45, 2.75) is 25.3 Å². The smallest absolute Gasteiger partial charge is 0.255 e. The third-order valence-corrected chi connectivity index (χ3v) is 5.60. The van der Waals surface area contributed by atoms with E-state index in [1.54, 1.807) is 42.7 Å². The van der Waals surface area contributed by atoms with Gasteiger partial charge in [-0.1, -0.05) is 24.6 Å². The van der Waals surface area contributed by atoms with Gasteiger partial charge in [-0.3, -0.25) is 14.5 Å². The predicted octanol–water partition coefficient (Wildman–Crippen LogP) is 4.49. The Morgan fingerprint density at radius 1 is 0.839 bits per heavy atom. The van der Waals surface area contributed by atoms with Crippen molar-refractivity contribution in [3.8, 4) is 0 Å². The van der Waals surface area contributed by atoms with E-state index in [4.69, 9.17) is 4.42 Å². The van der Waals surface area contributed by atoms with Gasteiger partial charge in [0, 0.05) is 23.4 Å². The van der Waals surface area contributed by atoms with Crippen molar-refractivity contribution >= 4 is 17.5 Å². The van der Waals surface area contributed by atoms with Crippen LogP contribution in [0.25, 0.3) is 0 Å². The zero-order valence-electron chi connectivity index (χ0n) is 17.4. The number of piperidine rings is 1. The minimum atomic E-state index is -0.180. The summed E-state index contributed by atoms with van der Waals surface area (Å²) < 4.78 is 5.64. The Balaban J connectivity index is 1.36. The molecule has 0 aliphatic carbocycles. The molecular weight excluding hydrogens is 390 g/mol. The summed E-state index contributed by atoms with van der Waals surface area (Å²) in [5.41, 5.74) is 1.78. The van der Waals surface area contributed by atoms with E-state index in [0.717, 1.165) is 18.8 Å². The standard InChI is InChI=1S/C25H27N3O3/c29-24(26-18-22(23-10-7-17-31-23)28-15-5-2-6-16-28)20-11-13-21(14-12-20)27-25(30)19-8-3-1-4-9-19/h1,3-4,7-14,17,22H,2,5-6,15-16,18H2,(H,26,29)(H,27,30). The topological polar surface area (TPSA) is 74.6 Å². The molecule has 2 N–H and O–H groups in total. The molecule has 0 radical (unpaired) electrons. The second-order valence-electron chi connectivity index (χ2n) is 7.74. The molecule has 2 aromatic carbocycles. The van der Waals surface area contributed by atoms with Crippen molar-refractivity contribution in [1.82, 2.24) is 10.2 Å². The summed E-state index contributed by atoms with van der Waals surface area (Å²) in [6.07, 6.45) is 5.26. The number of amides is 2. The highest BCUT2D eigenvalue weighted by Gasteiger charge is 2.25. The number of carbonyl (C=O) groups is 2. The number of rotatable bonds is 7. The van der Waals surface area contributed by atoms with Crippen molar-refractivity contribution in [2.24, 2.45) is 0 Å². The first-order valence-electron chi connectivity index (χ1n) is 10.7. The molecule has 2 amide bonds. The normalized spacial score (nSPS) is 15.2. The molecule has 4 rings (SSSR count). The summed E-state index contributed by atoms with van der Waals surface area (Å²) in [5, 5.41) is 5.89. The van der Waals surface area contributed by atoms with Crippen molar-refractivity contribution in [3.05, 3.63) is 89.9 Å². The molecule has 1 atom stereocenters. The Morgan fingerprint density at radius 2 is 1.55 bits per heavy atom. The fourth-order valence-corrected chi connectivity index (χ4v) is 3.91. The molecule has 1 saturated heterocycles. The average molecular weight is 418 g/mol. The van der Waals surface area contributed by atoms with Gasteiger partial charge < -0.3 is 15.1 Å². The van der Waals surface area contributed by atoms with Gasteiger partial charge in [0.1, 0.15) is 5.76 Å². The fraction of sp³-hybridized carbons (Fsp3) is 0.280. The second kappa shape index (κ2) is 10.1. The van der Waals surface area contributed by atoms with Gasteiger partial charge in [0.05, 0.1) is 12.3 Å². The van der Waals surface area contributed by atoms with E-state index in [1.165, 1.54) is 19.3 Å². The van der Waals surface area contributed by atoms with E-state index in [-0.39, 0.29) is 17.9 Å². The summed E-state index contributed by atoms with van der Waals surface area (Å²) in [4.78, 5) is 27.4. The van der Waals surface area contributed by atoms with Gasteiger partial charge in [-0.2, -0.15) is 0 Å². The molecule has 6 heteroatoms. The molecule has 0 spiro atoms. The van der Waals surface area contributed by atoms with Gasteiger partial charge in [-0.05, 0) is 74.5 Å². The molecule has 1 aliphatic heterocycles. The zero-order chi connectivity index (χ0) is 21.5. The molecular formula is C25H27N3O3. The molecule has 2 heterocycles. The van der Waals surface area contributed by atoms with E-state index in [0.29, 0.717) is 23.4 Å². The Morgan fingerprint density at radius 3 is 2.23 bits per heavy atom. The summed E-state index contributed by atoms with van der Waals surface area (Å²) in [6, 6.07) is 19.8. The molecule has 1 fully saturated rings. The second-order valence-corrected chi connectivity index (χ2v) is 7.74. The molecule has 3 aromatic rings. The lowest BCUT2D eigenvalue weighted by atomic mass is 10.1. The number of hydrogen-bond donors (Lipinski definition) is 2. The summed E-state index contributed by atoms with van der Waals surface area (Å²) in [6.45, 7) is 2.51. The lowest BCUT2D eigenvalue weighted by Crippen LogP contribution is -2.40. The van der Waals surface area contributed by atoms with Crippen LogP contribution < -0.4 is 10.6 Å². The average Bonchev–Trinajstić information content (AvgIpc) is 3.35. The maximum atomic E-state index is 12.7. The largest absolute Gasteiger partial charge is 0.468 e. The maximum Gasteiger partial charge on any atom is 0.255 e. The predicted molar refractivity (Wildman–Crippen MR) is 120 cm³/mol. The van der Waals surface area contributed by atoms with E-state index in [2.05, 4.69) is 15.5 Å². The van der Waals surface area contributed by atoms with Crippen molar-refractivity contribution in [3.63, 3.8) is 0 Å². The third kappa shape index (κ3) is 5.41. The van der Waals surface area contributed by atoms with Crippen molar-refractivity contribution in [2.75, 3.05) is 25.0 Å². The van der Waals surface area contributed by atoms with E-state index < -0.39 is 0 Å². The van der Waals surface area contributed by atoms with Crippen LogP contribution in [0.2, 0.25) is 0 Å². The first-order valence-corrected chi connectivity index (χ1v) is 10.7. The van der Waals surface area contributed by atoms with Gasteiger partial charge in [0.15, 0.2) is 0 Å². The quantitative estimate of drug-likeness (QED) is 0.594. The lowest BCUT2D eigenvalue weighted by Gasteiger charge is -2.33. The fourth-order valence-electron chi connectivity index (χ4n) is 3.91. The van der Waals surface area contributed by atoms with Gasteiger partial charge >= 0.3 is 0 Å². The summed E-state index contributed by atoms with van der Waals surface area (Å²) >= 11 is 0. The number of furan rings is 1. The van der Waals surface area contributed by atoms with Crippen LogP contribution in [0.3, 0.4) is 0 Å². The monoisotopic (exact) mass is 417 g/mol. The van der Waals surface area contributed by atoms with Gasteiger partial charge in [-0.25, -0.2) is 0 Å². The molecule has 0 bridgehead atoms. The van der Waals surface area contributed by atoms with Crippen LogP contribution in [0, 0.1) is 0 Å². The van der Waals surface area contributed by atoms with Crippen LogP contribution in [-0.2, 0) is 0 Å². The molecule has 1 aliphatic rings. The molecule has 160 valence electrons. The molecule has 31 heavy (non-hydrogen) atoms. The molecule has 6 nitrogen and oxygen atoms in total. The zero-order valence-corrected chi connectivity index (χ0v) is 17.4. The van der Waals surface area contributed by atoms with Crippen LogP contribution in [0.5, 0.6) is 0 Å². The number of carbonyl (C=O) groups excluding carboxylic acids is 2. The number of nitrogens with zero attached hydrogens (tertiary/aromatic N) is 1. The molecule has 1 aromatic heterocycles. The number of nitrogens with one attached hydrogen (secondary N) is 2. The minimum Gasteiger partial charge on any atom is -0.468 e. The van der Waals surface area contributed by atoms with Crippen LogP contribution >= 0.6 is 0 Å². The van der Waals surface area contributed by atoms with E-state index in [9.17, 15) is 9.59 Å². The highest BCUT2D eigenvalue weighted by molar-refractivity contribution is 6.04. The summed E-state index contributed by atoms with van der Waals surface area (Å²) in [5.74, 6) is 0.552. The van der Waals surface area contributed by atoms with Crippen molar-refractivity contribution in [1.29, 1.82) is 0 Å². The van der Waals surface area contributed by atoms with Crippen LogP contribution in [-0.4, -0.2) is 36.3 Å². The number of hydrogen-bond acceptors (Lipinski definition) is 4. The molecule has 1 unspecified atom stereocenters. The van der Waals surface area contributed by atoms with Crippen molar-refractivity contribution < 1.29 is 14.0 Å². The molecule has 0 saturated carbocycles. The third-order valence-electron chi connectivity index (χ3n) is 5.60. The Kier molecular flexibility index (Phi) is 6.79. The summed E-state index contributed by atoms with van der Waals surface area (Å²) in [7, 11) is 0. The maximum absolute atomic E-state index is 12.7.